The number of benzene rings is 3. The lowest BCUT2D eigenvalue weighted by atomic mass is 9.80. The fourth-order valence-corrected chi connectivity index (χ4v) is 10.4. The van der Waals surface area contributed by atoms with Gasteiger partial charge in [0.2, 0.25) is 11.9 Å². The summed E-state index contributed by atoms with van der Waals surface area (Å²) in [6, 6.07) is 24.7. The molecule has 0 aliphatic carbocycles. The van der Waals surface area contributed by atoms with E-state index in [0.29, 0.717) is 11.5 Å². The monoisotopic (exact) mass is 1020 g/mol. The Morgan fingerprint density at radius 3 is 2.04 bits per heavy atom. The molecule has 0 saturated carbocycles. The summed E-state index contributed by atoms with van der Waals surface area (Å²) in [7, 11) is 3.17. The molecule has 3 aromatic heterocycles. The molecule has 3 N–H and O–H groups in total. The highest BCUT2D eigenvalue weighted by Gasteiger charge is 2.45. The first-order valence-corrected chi connectivity index (χ1v) is 25.8. The molecule has 3 aromatic carbocycles. The minimum Gasteiger partial charge on any atom is -0.691 e. The number of fused-ring (bicyclic) bond motifs is 1. The number of aromatic nitrogens is 6. The van der Waals surface area contributed by atoms with Crippen molar-refractivity contribution >= 4 is 58.7 Å². The van der Waals surface area contributed by atoms with Crippen LogP contribution in [-0.4, -0.2) is 92.8 Å². The number of carbonyl (C=O) groups excluding carboxylic acids is 2. The molecule has 7 atom stereocenters. The minimum atomic E-state index is -3.68. The number of nitrogens with zero attached hydrogens (tertiary/aromatic N) is 4. The van der Waals surface area contributed by atoms with Crippen LogP contribution in [-0.2, 0) is 67.2 Å². The number of hydrogen-bond acceptors (Lipinski definition) is 17. The van der Waals surface area contributed by atoms with Crippen LogP contribution >= 0.6 is 5.69 Å². The van der Waals surface area contributed by atoms with Crippen LogP contribution in [0.4, 0.5) is 5.95 Å². The van der Waals surface area contributed by atoms with Crippen molar-refractivity contribution in [3.8, 4) is 11.5 Å². The van der Waals surface area contributed by atoms with Gasteiger partial charge in [-0.2, -0.15) is 4.98 Å². The molecule has 0 spiro atoms. The molecule has 2 saturated heterocycles. The number of hydrogen-bond donors (Lipinski definition) is 3. The van der Waals surface area contributed by atoms with Gasteiger partial charge in [-0.05, 0) is 47.9 Å². The molecular formula is C47H51N7O13PS2-. The van der Waals surface area contributed by atoms with Crippen LogP contribution in [0.2, 0.25) is 0 Å². The molecule has 2 fully saturated rings. The number of amides is 1. The van der Waals surface area contributed by atoms with Crippen LogP contribution in [0.15, 0.2) is 106 Å². The lowest BCUT2D eigenvalue weighted by molar-refractivity contribution is -0.150. The highest BCUT2D eigenvalue weighted by atomic mass is 32.9. The van der Waals surface area contributed by atoms with Crippen molar-refractivity contribution in [2.24, 2.45) is 5.92 Å². The molecule has 5 heterocycles. The third-order valence-electron chi connectivity index (χ3n) is 11.9. The van der Waals surface area contributed by atoms with Gasteiger partial charge in [-0.3, -0.25) is 43.6 Å². The standard InChI is InChI=1S/C47H52N7O13PS2/c1-26(2)42(56)50-45-49-41-40(44(58)51-45)48-25-54(41)39-21-35(67-68(69,70)63-24-37-34(64-28(4)55)20-38(66-37)53-22-27(3)43(57)52-46(53)59)36(65-39)23-62-47(29-10-8-7-9-11-29,30-12-16-32(60-5)17-13-30)31-14-18-33(61-6)19-15-31/h7-19,22,25-26,34-39H,20-21,23-24H2,1-6H3,(H,69,70)(H,52,57,59)(H2,49,50,51,56,58)/p-1/t34-,35-,36+,37+,38+,39+/m0/s1. The zero-order valence-corrected chi connectivity index (χ0v) is 41.4. The van der Waals surface area contributed by atoms with Crippen LogP contribution < -0.4 is 31.6 Å². The topological polar surface area (TPSA) is 238 Å². The van der Waals surface area contributed by atoms with Gasteiger partial charge in [0.15, 0.2) is 11.2 Å². The number of rotatable bonds is 18. The second-order valence-electron chi connectivity index (χ2n) is 16.9. The summed E-state index contributed by atoms with van der Waals surface area (Å²) in [5.41, 5.74) is -4.10. The fraction of sp³-hybridized carbons (Fsp3) is 0.383. The second kappa shape index (κ2) is 21.2. The first-order valence-electron chi connectivity index (χ1n) is 22.2. The number of methoxy groups -OCH3 is 2. The number of ether oxygens (including phenoxy) is 6. The van der Waals surface area contributed by atoms with E-state index in [1.807, 2.05) is 78.9 Å². The number of nitrogens with one attached hydrogen (secondary N) is 3. The molecule has 20 nitrogen and oxygen atoms in total. The Morgan fingerprint density at radius 2 is 1.44 bits per heavy atom. The van der Waals surface area contributed by atoms with Gasteiger partial charge < -0.3 is 49.7 Å². The third-order valence-corrected chi connectivity index (χ3v) is 14.1. The summed E-state index contributed by atoms with van der Waals surface area (Å²) in [6.07, 6.45) is -2.57. The Bertz CT molecular complexity index is 3030. The van der Waals surface area contributed by atoms with Crippen molar-refractivity contribution in [2.45, 2.75) is 83.0 Å². The number of anilines is 1. The van der Waals surface area contributed by atoms with Gasteiger partial charge in [-0.15, -0.1) is 0 Å². The van der Waals surface area contributed by atoms with E-state index in [9.17, 15) is 24.0 Å². The van der Waals surface area contributed by atoms with Crippen LogP contribution in [0.5, 0.6) is 11.5 Å². The van der Waals surface area contributed by atoms with Crippen molar-refractivity contribution in [2.75, 3.05) is 32.8 Å². The maximum absolute atomic E-state index is 13.3. The summed E-state index contributed by atoms with van der Waals surface area (Å²) < 4.78 is 52.5. The normalized spacial score (nSPS) is 21.1. The molecule has 0 bridgehead atoms. The number of carbonyl (C=O) groups is 2. The number of aromatic amines is 2. The van der Waals surface area contributed by atoms with Gasteiger partial charge >= 0.3 is 11.7 Å². The van der Waals surface area contributed by atoms with E-state index in [0.717, 1.165) is 16.7 Å². The first kappa shape index (κ1) is 50.4. The maximum atomic E-state index is 13.3. The third kappa shape index (κ3) is 10.8. The maximum Gasteiger partial charge on any atom is 0.330 e. The predicted octanol–water partition coefficient (Wildman–Crippen LogP) is 5.28. The summed E-state index contributed by atoms with van der Waals surface area (Å²) >= 11 is 11.8. The molecule has 0 radical (unpaired) electrons. The van der Waals surface area contributed by atoms with Gasteiger partial charge in [0, 0.05) is 37.4 Å². The van der Waals surface area contributed by atoms with Crippen molar-refractivity contribution in [3.05, 3.63) is 145 Å². The lowest BCUT2D eigenvalue weighted by Crippen LogP contribution is -2.38. The van der Waals surface area contributed by atoms with E-state index >= 15 is 0 Å². The SMILES string of the molecule is COc1ccc(C(OC[C@H]2O[C@@H](n3cnc4c(=O)[nH]c(NC(=O)C(C)C)nc43)C[C@@H]2OP(=S)([S-])OC[C@H]2O[C@@H](n3cc(C)c(=O)[nH]c3=O)C[C@@H]2OC(C)=O)(c2ccccc2)c2ccc(OC)cc2)cc1. The zero-order valence-electron chi connectivity index (χ0n) is 38.9. The van der Waals surface area contributed by atoms with Gasteiger partial charge in [0.25, 0.3) is 11.1 Å². The van der Waals surface area contributed by atoms with Crippen LogP contribution in [0.25, 0.3) is 11.2 Å². The van der Waals surface area contributed by atoms with Crippen LogP contribution in [0.1, 0.15) is 68.3 Å². The molecule has 1 amide bonds. The number of imidazole rings is 1. The number of aryl methyl sites for hydroxylation is 1. The molecule has 23 heteroatoms. The summed E-state index contributed by atoms with van der Waals surface area (Å²) in [6.45, 7) is 5.78. The fourth-order valence-electron chi connectivity index (χ4n) is 8.39. The van der Waals surface area contributed by atoms with E-state index in [-0.39, 0.29) is 54.6 Å². The smallest absolute Gasteiger partial charge is 0.330 e. The summed E-state index contributed by atoms with van der Waals surface area (Å²) in [4.78, 5) is 76.8. The Labute approximate surface area is 411 Å². The molecule has 1 unspecified atom stereocenters. The van der Waals surface area contributed by atoms with E-state index in [2.05, 4.69) is 25.3 Å². The molecule has 2 aliphatic heterocycles. The van der Waals surface area contributed by atoms with E-state index < -0.39 is 76.9 Å². The Hall–Kier alpha value is -5.97. The Balaban J connectivity index is 1.13. The molecule has 8 rings (SSSR count). The average molecular weight is 1020 g/mol. The summed E-state index contributed by atoms with van der Waals surface area (Å²) in [5.74, 6) is -0.156. The molecule has 6 aromatic rings. The van der Waals surface area contributed by atoms with Gasteiger partial charge in [-0.25, -0.2) is 9.78 Å². The van der Waals surface area contributed by atoms with Crippen molar-refractivity contribution < 1.29 is 47.1 Å². The van der Waals surface area contributed by atoms with E-state index in [1.165, 1.54) is 24.0 Å². The molecular weight excluding hydrogens is 966 g/mol. The lowest BCUT2D eigenvalue weighted by Gasteiger charge is -2.38. The van der Waals surface area contributed by atoms with Crippen LogP contribution in [0.3, 0.4) is 0 Å². The zero-order chi connectivity index (χ0) is 49.9. The highest BCUT2D eigenvalue weighted by Crippen LogP contribution is 2.52. The van der Waals surface area contributed by atoms with Crippen molar-refractivity contribution in [3.63, 3.8) is 0 Å². The molecule has 70 heavy (non-hydrogen) atoms. The van der Waals surface area contributed by atoms with E-state index in [1.54, 1.807) is 39.6 Å². The Kier molecular flexibility index (Phi) is 15.2. The van der Waals surface area contributed by atoms with Crippen molar-refractivity contribution in [1.29, 1.82) is 0 Å². The minimum absolute atomic E-state index is 0.00127. The highest BCUT2D eigenvalue weighted by molar-refractivity contribution is 8.51. The Morgan fingerprint density at radius 1 is 0.857 bits per heavy atom. The number of esters is 1. The number of H-pyrrole nitrogens is 2. The average Bonchev–Trinajstić information content (AvgIpc) is 4.07. The van der Waals surface area contributed by atoms with Gasteiger partial charge in [0.05, 0.1) is 45.6 Å². The molecule has 370 valence electrons. The predicted molar refractivity (Wildman–Crippen MR) is 261 cm³/mol. The summed E-state index contributed by atoms with van der Waals surface area (Å²) in [5, 5.41) is 2.64. The van der Waals surface area contributed by atoms with Gasteiger partial charge in [0.1, 0.15) is 47.9 Å². The van der Waals surface area contributed by atoms with E-state index in [4.69, 9.17) is 61.5 Å². The van der Waals surface area contributed by atoms with Crippen LogP contribution in [0, 0.1) is 12.8 Å². The largest absolute Gasteiger partial charge is 0.691 e. The van der Waals surface area contributed by atoms with Gasteiger partial charge in [-0.1, -0.05) is 80.3 Å². The second-order valence-corrected chi connectivity index (χ2v) is 21.9. The quantitative estimate of drug-likeness (QED) is 0.0430. The van der Waals surface area contributed by atoms with Crippen molar-refractivity contribution in [1.82, 2.24) is 29.1 Å². The molecule has 2 aliphatic rings. The first-order chi connectivity index (χ1) is 33.5.